The van der Waals surface area contributed by atoms with Crippen LogP contribution in [0.25, 0.3) is 0 Å². The average molecular weight is 285 g/mol. The van der Waals surface area contributed by atoms with Crippen molar-refractivity contribution in [2.24, 2.45) is 5.73 Å². The molecule has 0 fully saturated rings. The lowest BCUT2D eigenvalue weighted by Gasteiger charge is -2.08. The Morgan fingerprint density at radius 3 is 2.50 bits per heavy atom. The van der Waals surface area contributed by atoms with Gasteiger partial charge in [0.25, 0.3) is 5.91 Å². The van der Waals surface area contributed by atoms with Gasteiger partial charge in [-0.15, -0.1) is 0 Å². The van der Waals surface area contributed by atoms with E-state index in [4.69, 9.17) is 18.0 Å². The van der Waals surface area contributed by atoms with Crippen LogP contribution in [0.3, 0.4) is 0 Å². The summed E-state index contributed by atoms with van der Waals surface area (Å²) in [6.07, 6.45) is 3.49. The first kappa shape index (κ1) is 14.1. The van der Waals surface area contributed by atoms with E-state index in [-0.39, 0.29) is 5.91 Å². The fraction of sp³-hybridized carbons (Fsp3) is 0.133. The molecule has 2 rings (SSSR count). The minimum absolute atomic E-state index is 0.129. The first-order chi connectivity index (χ1) is 9.58. The highest BCUT2D eigenvalue weighted by molar-refractivity contribution is 7.80. The van der Waals surface area contributed by atoms with Gasteiger partial charge < -0.3 is 11.1 Å². The molecule has 0 bridgehead atoms. The molecule has 0 spiro atoms. The predicted molar refractivity (Wildman–Crippen MR) is 82.5 cm³/mol. The smallest absolute Gasteiger partial charge is 0.251 e. The van der Waals surface area contributed by atoms with Gasteiger partial charge in [0.05, 0.1) is 0 Å². The highest BCUT2D eigenvalue weighted by Crippen LogP contribution is 2.07. The molecule has 0 saturated heterocycles. The molecule has 0 unspecified atom stereocenters. The number of aromatic nitrogens is 1. The Hall–Kier alpha value is -2.27. The van der Waals surface area contributed by atoms with Crippen LogP contribution >= 0.6 is 12.2 Å². The molecule has 5 heteroatoms. The number of thiocarbonyl (C=S) groups is 1. The molecule has 1 heterocycles. The van der Waals surface area contributed by atoms with E-state index < -0.39 is 0 Å². The van der Waals surface area contributed by atoms with Gasteiger partial charge in [0, 0.05) is 30.1 Å². The molecule has 0 atom stereocenters. The third-order valence-electron chi connectivity index (χ3n) is 3.01. The maximum atomic E-state index is 12.0. The van der Waals surface area contributed by atoms with E-state index in [1.54, 1.807) is 36.7 Å². The molecule has 0 radical (unpaired) electrons. The molecule has 102 valence electrons. The summed E-state index contributed by atoms with van der Waals surface area (Å²) in [5.41, 5.74) is 8.95. The zero-order valence-corrected chi connectivity index (χ0v) is 11.9. The lowest BCUT2D eigenvalue weighted by molar-refractivity contribution is 0.0951. The predicted octanol–water partition coefficient (Wildman–Crippen LogP) is 1.95. The van der Waals surface area contributed by atoms with Gasteiger partial charge in [-0.2, -0.15) is 0 Å². The number of rotatable bonds is 4. The number of carbonyl (C=O) groups is 1. The van der Waals surface area contributed by atoms with Gasteiger partial charge in [0.2, 0.25) is 0 Å². The van der Waals surface area contributed by atoms with Crippen LogP contribution in [0.1, 0.15) is 27.0 Å². The van der Waals surface area contributed by atoms with Gasteiger partial charge in [0.15, 0.2) is 0 Å². The minimum Gasteiger partial charge on any atom is -0.389 e. The second-order valence-corrected chi connectivity index (χ2v) is 4.87. The van der Waals surface area contributed by atoms with Crippen molar-refractivity contribution in [3.8, 4) is 0 Å². The fourth-order valence-corrected chi connectivity index (χ4v) is 1.90. The fourth-order valence-electron chi connectivity index (χ4n) is 1.76. The summed E-state index contributed by atoms with van der Waals surface area (Å²) in [6.45, 7) is 2.44. The van der Waals surface area contributed by atoms with Gasteiger partial charge in [-0.3, -0.25) is 9.78 Å². The van der Waals surface area contributed by atoms with Gasteiger partial charge in [-0.1, -0.05) is 24.4 Å². The third kappa shape index (κ3) is 3.39. The number of hydrogen-bond acceptors (Lipinski definition) is 3. The Morgan fingerprint density at radius 2 is 1.90 bits per heavy atom. The van der Waals surface area contributed by atoms with Crippen molar-refractivity contribution in [3.05, 3.63) is 65.0 Å². The van der Waals surface area contributed by atoms with Crippen LogP contribution in [0, 0.1) is 6.92 Å². The SMILES string of the molecule is Cc1cnccc1CNC(=O)c1ccc(C(N)=S)cc1. The largest absolute Gasteiger partial charge is 0.389 e. The number of amides is 1. The van der Waals surface area contributed by atoms with E-state index in [2.05, 4.69) is 10.3 Å². The highest BCUT2D eigenvalue weighted by atomic mass is 32.1. The van der Waals surface area contributed by atoms with Crippen LogP contribution in [0.5, 0.6) is 0 Å². The van der Waals surface area contributed by atoms with Crippen molar-refractivity contribution < 1.29 is 4.79 Å². The van der Waals surface area contributed by atoms with Crippen molar-refractivity contribution in [2.45, 2.75) is 13.5 Å². The van der Waals surface area contributed by atoms with Crippen LogP contribution in [0.2, 0.25) is 0 Å². The summed E-state index contributed by atoms with van der Waals surface area (Å²) < 4.78 is 0. The molecule has 3 N–H and O–H groups in total. The van der Waals surface area contributed by atoms with E-state index in [1.165, 1.54) is 0 Å². The molecular formula is C15H15N3OS. The van der Waals surface area contributed by atoms with Crippen LogP contribution in [-0.2, 0) is 6.54 Å². The maximum Gasteiger partial charge on any atom is 0.251 e. The average Bonchev–Trinajstić information content (AvgIpc) is 2.46. The number of nitrogens with one attached hydrogen (secondary N) is 1. The molecule has 0 aliphatic heterocycles. The molecular weight excluding hydrogens is 270 g/mol. The summed E-state index contributed by atoms with van der Waals surface area (Å²) in [5.74, 6) is -0.129. The van der Waals surface area contributed by atoms with E-state index in [1.807, 2.05) is 13.0 Å². The van der Waals surface area contributed by atoms with Crippen LogP contribution < -0.4 is 11.1 Å². The molecule has 0 aliphatic carbocycles. The Kier molecular flexibility index (Phi) is 4.42. The van der Waals surface area contributed by atoms with Gasteiger partial charge in [-0.05, 0) is 36.2 Å². The maximum absolute atomic E-state index is 12.0. The topological polar surface area (TPSA) is 68.0 Å². The third-order valence-corrected chi connectivity index (χ3v) is 3.24. The lowest BCUT2D eigenvalue weighted by atomic mass is 10.1. The molecule has 0 saturated carbocycles. The summed E-state index contributed by atoms with van der Waals surface area (Å²) in [4.78, 5) is 16.4. The van der Waals surface area contributed by atoms with Crippen LogP contribution in [-0.4, -0.2) is 15.9 Å². The number of pyridine rings is 1. The first-order valence-electron chi connectivity index (χ1n) is 6.15. The van der Waals surface area contributed by atoms with Crippen molar-refractivity contribution in [3.63, 3.8) is 0 Å². The Bertz CT molecular complexity index is 638. The summed E-state index contributed by atoms with van der Waals surface area (Å²) in [6, 6.07) is 8.81. The summed E-state index contributed by atoms with van der Waals surface area (Å²) >= 11 is 4.87. The Balaban J connectivity index is 2.02. The zero-order valence-electron chi connectivity index (χ0n) is 11.1. The minimum atomic E-state index is -0.129. The molecule has 20 heavy (non-hydrogen) atoms. The molecule has 0 aliphatic rings. The summed E-state index contributed by atoms with van der Waals surface area (Å²) in [5, 5.41) is 2.87. The van der Waals surface area contributed by atoms with Gasteiger partial charge >= 0.3 is 0 Å². The number of nitrogens with zero attached hydrogens (tertiary/aromatic N) is 1. The van der Waals surface area contributed by atoms with Gasteiger partial charge in [0.1, 0.15) is 4.99 Å². The number of hydrogen-bond donors (Lipinski definition) is 2. The van der Waals surface area contributed by atoms with Crippen LogP contribution in [0.4, 0.5) is 0 Å². The van der Waals surface area contributed by atoms with E-state index >= 15 is 0 Å². The lowest BCUT2D eigenvalue weighted by Crippen LogP contribution is -2.23. The second kappa shape index (κ2) is 6.25. The quantitative estimate of drug-likeness (QED) is 0.843. The normalized spacial score (nSPS) is 10.1. The van der Waals surface area contributed by atoms with Crippen molar-refractivity contribution in [1.82, 2.24) is 10.3 Å². The second-order valence-electron chi connectivity index (χ2n) is 4.43. The monoisotopic (exact) mass is 285 g/mol. The number of nitrogens with two attached hydrogens (primary N) is 1. The zero-order chi connectivity index (χ0) is 14.5. The van der Waals surface area contributed by atoms with Crippen LogP contribution in [0.15, 0.2) is 42.7 Å². The molecule has 4 nitrogen and oxygen atoms in total. The van der Waals surface area contributed by atoms with Gasteiger partial charge in [-0.25, -0.2) is 0 Å². The Labute approximate surface area is 123 Å². The van der Waals surface area contributed by atoms with Crippen molar-refractivity contribution >= 4 is 23.1 Å². The highest BCUT2D eigenvalue weighted by Gasteiger charge is 2.06. The number of carbonyl (C=O) groups excluding carboxylic acids is 1. The number of aryl methyl sites for hydroxylation is 1. The standard InChI is InChI=1S/C15H15N3OS/c1-10-8-17-7-6-13(10)9-18-15(19)12-4-2-11(3-5-12)14(16)20/h2-8H,9H2,1H3,(H2,16,20)(H,18,19). The van der Waals surface area contributed by atoms with E-state index in [0.717, 1.165) is 16.7 Å². The van der Waals surface area contributed by atoms with Crippen molar-refractivity contribution in [1.29, 1.82) is 0 Å². The first-order valence-corrected chi connectivity index (χ1v) is 6.56. The van der Waals surface area contributed by atoms with E-state index in [0.29, 0.717) is 17.1 Å². The molecule has 1 aromatic heterocycles. The number of benzene rings is 1. The van der Waals surface area contributed by atoms with Crippen molar-refractivity contribution in [2.75, 3.05) is 0 Å². The van der Waals surface area contributed by atoms with E-state index in [9.17, 15) is 4.79 Å². The molecule has 1 aromatic carbocycles. The molecule has 2 aromatic rings. The summed E-state index contributed by atoms with van der Waals surface area (Å²) in [7, 11) is 0. The molecule has 1 amide bonds. The Morgan fingerprint density at radius 1 is 1.25 bits per heavy atom.